The minimum absolute atomic E-state index is 0.228. The van der Waals surface area contributed by atoms with Gasteiger partial charge >= 0.3 is 0 Å². The minimum atomic E-state index is -0.412. The van der Waals surface area contributed by atoms with Gasteiger partial charge in [0.2, 0.25) is 0 Å². The molecule has 2 aromatic heterocycles. The van der Waals surface area contributed by atoms with Crippen molar-refractivity contribution in [2.75, 3.05) is 7.11 Å². The number of hydrogen-bond acceptors (Lipinski definition) is 5. The van der Waals surface area contributed by atoms with Gasteiger partial charge in [-0.15, -0.1) is 0 Å². The summed E-state index contributed by atoms with van der Waals surface area (Å²) in [6, 6.07) is 12.6. The number of nitrogens with zero attached hydrogens (tertiary/aromatic N) is 2. The Balaban J connectivity index is 1.62. The summed E-state index contributed by atoms with van der Waals surface area (Å²) in [6.07, 6.45) is 1.54. The van der Waals surface area contributed by atoms with Crippen LogP contribution in [0.15, 0.2) is 52.0 Å². The van der Waals surface area contributed by atoms with E-state index >= 15 is 0 Å². The lowest BCUT2D eigenvalue weighted by atomic mass is 10.2. The molecule has 24 heavy (non-hydrogen) atoms. The van der Waals surface area contributed by atoms with Crippen LogP contribution in [0.5, 0.6) is 5.75 Å². The lowest BCUT2D eigenvalue weighted by Crippen LogP contribution is -2.17. The molecule has 0 radical (unpaired) electrons. The highest BCUT2D eigenvalue weighted by Crippen LogP contribution is 2.20. The van der Waals surface area contributed by atoms with E-state index in [4.69, 9.17) is 9.15 Å². The van der Waals surface area contributed by atoms with Crippen molar-refractivity contribution < 1.29 is 13.9 Å². The van der Waals surface area contributed by atoms with Crippen molar-refractivity contribution in [3.63, 3.8) is 0 Å². The number of aromatic nitrogens is 2. The number of benzene rings is 1. The normalized spacial score (nSPS) is 10.9. The summed E-state index contributed by atoms with van der Waals surface area (Å²) in [5.41, 5.74) is 4.13. The maximum Gasteiger partial charge on any atom is 0.291 e. The molecule has 0 atom stereocenters. The summed E-state index contributed by atoms with van der Waals surface area (Å²) in [6.45, 7) is 1.85. The number of amides is 1. The number of carbonyl (C=O) groups is 1. The van der Waals surface area contributed by atoms with Crippen molar-refractivity contribution in [2.45, 2.75) is 6.92 Å². The highest BCUT2D eigenvalue weighted by atomic mass is 16.5. The molecule has 0 aliphatic heterocycles. The molecule has 0 aliphatic rings. The molecule has 2 heterocycles. The van der Waals surface area contributed by atoms with Crippen LogP contribution in [0, 0.1) is 6.92 Å². The van der Waals surface area contributed by atoms with E-state index in [1.807, 2.05) is 43.3 Å². The lowest BCUT2D eigenvalue weighted by molar-refractivity contribution is 0.0950. The molecule has 0 spiro atoms. The fraction of sp³-hybridized carbons (Fsp3) is 0.118. The highest BCUT2D eigenvalue weighted by molar-refractivity contribution is 5.94. The van der Waals surface area contributed by atoms with Crippen LogP contribution in [0.2, 0.25) is 0 Å². The molecule has 1 amide bonds. The average molecular weight is 324 g/mol. The van der Waals surface area contributed by atoms with Crippen LogP contribution < -0.4 is 10.2 Å². The molecule has 0 unspecified atom stereocenters. The zero-order valence-corrected chi connectivity index (χ0v) is 13.2. The van der Waals surface area contributed by atoms with Crippen LogP contribution in [0.1, 0.15) is 21.8 Å². The number of nitrogens with one attached hydrogen (secondary N) is 2. The zero-order valence-electron chi connectivity index (χ0n) is 13.2. The Morgan fingerprint density at radius 1 is 1.29 bits per heavy atom. The highest BCUT2D eigenvalue weighted by Gasteiger charge is 2.12. The second-order valence-corrected chi connectivity index (χ2v) is 5.05. The first kappa shape index (κ1) is 15.5. The van der Waals surface area contributed by atoms with Gasteiger partial charge in [-0.1, -0.05) is 0 Å². The van der Waals surface area contributed by atoms with Crippen molar-refractivity contribution in [2.24, 2.45) is 5.10 Å². The Kier molecular flexibility index (Phi) is 4.42. The molecule has 3 rings (SSSR count). The smallest absolute Gasteiger partial charge is 0.291 e. The van der Waals surface area contributed by atoms with E-state index in [1.54, 1.807) is 19.4 Å². The monoisotopic (exact) mass is 324 g/mol. The average Bonchev–Trinajstić information content (AvgIpc) is 3.24. The van der Waals surface area contributed by atoms with Crippen LogP contribution in [0.4, 0.5) is 0 Å². The van der Waals surface area contributed by atoms with Crippen molar-refractivity contribution in [3.05, 3.63) is 59.5 Å². The van der Waals surface area contributed by atoms with Crippen LogP contribution in [0.3, 0.4) is 0 Å². The first-order valence-corrected chi connectivity index (χ1v) is 7.25. The van der Waals surface area contributed by atoms with E-state index in [9.17, 15) is 4.79 Å². The summed E-state index contributed by atoms with van der Waals surface area (Å²) in [5, 5.41) is 10.6. The number of methoxy groups -OCH3 is 1. The van der Waals surface area contributed by atoms with E-state index in [-0.39, 0.29) is 5.69 Å². The summed E-state index contributed by atoms with van der Waals surface area (Å²) in [5.74, 6) is 1.76. The number of H-pyrrole nitrogens is 1. The van der Waals surface area contributed by atoms with Crippen LogP contribution in [-0.2, 0) is 0 Å². The molecule has 7 heteroatoms. The van der Waals surface area contributed by atoms with E-state index in [1.165, 1.54) is 0 Å². The molecule has 2 N–H and O–H groups in total. The Morgan fingerprint density at radius 2 is 2.08 bits per heavy atom. The molecule has 3 aromatic rings. The predicted molar refractivity (Wildman–Crippen MR) is 89.1 cm³/mol. The van der Waals surface area contributed by atoms with Gasteiger partial charge in [-0.25, -0.2) is 5.43 Å². The van der Waals surface area contributed by atoms with Crippen LogP contribution >= 0.6 is 0 Å². The van der Waals surface area contributed by atoms with Gasteiger partial charge in [-0.3, -0.25) is 9.89 Å². The zero-order chi connectivity index (χ0) is 16.9. The van der Waals surface area contributed by atoms with E-state index < -0.39 is 5.91 Å². The third-order valence-corrected chi connectivity index (χ3v) is 3.31. The Bertz CT molecular complexity index is 862. The number of ether oxygens (including phenoxy) is 1. The summed E-state index contributed by atoms with van der Waals surface area (Å²) < 4.78 is 10.6. The third kappa shape index (κ3) is 3.52. The first-order valence-electron chi connectivity index (χ1n) is 7.25. The number of rotatable bonds is 5. The lowest BCUT2D eigenvalue weighted by Gasteiger charge is -1.99. The Morgan fingerprint density at radius 3 is 2.75 bits per heavy atom. The summed E-state index contributed by atoms with van der Waals surface area (Å²) in [4.78, 5) is 12.0. The largest absolute Gasteiger partial charge is 0.497 e. The number of hydrogen-bond donors (Lipinski definition) is 2. The van der Waals surface area contributed by atoms with Gasteiger partial charge in [0.25, 0.3) is 5.91 Å². The first-order chi connectivity index (χ1) is 11.7. The van der Waals surface area contributed by atoms with Gasteiger partial charge in [0.15, 0.2) is 11.5 Å². The molecule has 0 saturated heterocycles. The molecule has 0 saturated carbocycles. The maximum absolute atomic E-state index is 12.0. The van der Waals surface area contributed by atoms with Crippen molar-refractivity contribution in [1.29, 1.82) is 0 Å². The Hall–Kier alpha value is -3.35. The topological polar surface area (TPSA) is 92.5 Å². The number of carbonyl (C=O) groups excluding carboxylic acids is 1. The quantitative estimate of drug-likeness (QED) is 0.557. The third-order valence-electron chi connectivity index (χ3n) is 3.31. The maximum atomic E-state index is 12.0. The minimum Gasteiger partial charge on any atom is -0.497 e. The molecule has 0 fully saturated rings. The molecule has 122 valence electrons. The predicted octanol–water partition coefficient (Wildman–Crippen LogP) is 2.75. The SMILES string of the molecule is COc1ccc(/C=N/NC(=O)c2cc(-c3ccc(C)o3)[nH]n2)cc1. The molecule has 0 aliphatic carbocycles. The van der Waals surface area contributed by atoms with E-state index in [0.717, 1.165) is 17.1 Å². The van der Waals surface area contributed by atoms with Gasteiger partial charge in [-0.05, 0) is 48.9 Å². The number of hydrazone groups is 1. The van der Waals surface area contributed by atoms with Gasteiger partial charge in [0.05, 0.1) is 13.3 Å². The molecule has 7 nitrogen and oxygen atoms in total. The van der Waals surface area contributed by atoms with Crippen LogP contribution in [-0.4, -0.2) is 29.4 Å². The number of aromatic amines is 1. The van der Waals surface area contributed by atoms with Crippen LogP contribution in [0.25, 0.3) is 11.5 Å². The molecular weight excluding hydrogens is 308 g/mol. The fourth-order valence-corrected chi connectivity index (χ4v) is 2.06. The summed E-state index contributed by atoms with van der Waals surface area (Å²) >= 11 is 0. The van der Waals surface area contributed by atoms with E-state index in [2.05, 4.69) is 20.7 Å². The number of furan rings is 1. The van der Waals surface area contributed by atoms with Gasteiger partial charge < -0.3 is 9.15 Å². The molecule has 1 aromatic carbocycles. The molecular formula is C17H16N4O3. The van der Waals surface area contributed by atoms with Crippen molar-refractivity contribution in [1.82, 2.24) is 15.6 Å². The van der Waals surface area contributed by atoms with Crippen molar-refractivity contribution in [3.8, 4) is 17.2 Å². The standard InChI is InChI=1S/C17H16N4O3/c1-11-3-8-16(24-11)14-9-15(20-19-14)17(22)21-18-10-12-4-6-13(23-2)7-5-12/h3-10H,1-2H3,(H,19,20)(H,21,22)/b18-10+. The second kappa shape index (κ2) is 6.82. The van der Waals surface area contributed by atoms with Gasteiger partial charge in [0, 0.05) is 6.07 Å². The number of aryl methyl sites for hydroxylation is 1. The second-order valence-electron chi connectivity index (χ2n) is 5.05. The van der Waals surface area contributed by atoms with E-state index in [0.29, 0.717) is 11.5 Å². The molecule has 0 bridgehead atoms. The fourth-order valence-electron chi connectivity index (χ4n) is 2.06. The van der Waals surface area contributed by atoms with Crippen molar-refractivity contribution >= 4 is 12.1 Å². The van der Waals surface area contributed by atoms with Gasteiger partial charge in [-0.2, -0.15) is 10.2 Å². The van der Waals surface area contributed by atoms with Gasteiger partial charge in [0.1, 0.15) is 17.2 Å². The summed E-state index contributed by atoms with van der Waals surface area (Å²) in [7, 11) is 1.60. The Labute approximate surface area is 138 Å².